The van der Waals surface area contributed by atoms with Crippen LogP contribution < -0.4 is 19.1 Å². The van der Waals surface area contributed by atoms with Gasteiger partial charge in [0.15, 0.2) is 11.5 Å². The monoisotopic (exact) mass is 390 g/mol. The predicted molar refractivity (Wildman–Crippen MR) is 104 cm³/mol. The Labute approximate surface area is 158 Å². The Balaban J connectivity index is 1.62. The first-order chi connectivity index (χ1) is 12.9. The van der Waals surface area contributed by atoms with Crippen molar-refractivity contribution in [1.82, 2.24) is 0 Å². The molecule has 1 aliphatic heterocycles. The number of anilines is 2. The van der Waals surface area contributed by atoms with Gasteiger partial charge < -0.3 is 14.8 Å². The van der Waals surface area contributed by atoms with E-state index in [1.54, 1.807) is 24.3 Å². The van der Waals surface area contributed by atoms with E-state index < -0.39 is 10.0 Å². The van der Waals surface area contributed by atoms with Gasteiger partial charge in [-0.1, -0.05) is 18.2 Å². The summed E-state index contributed by atoms with van der Waals surface area (Å²) in [7, 11) is -0.527. The van der Waals surface area contributed by atoms with E-state index in [1.807, 2.05) is 18.2 Å². The number of ether oxygens (including phenoxy) is 2. The summed E-state index contributed by atoms with van der Waals surface area (Å²) in [6.07, 6.45) is 0.558. The summed E-state index contributed by atoms with van der Waals surface area (Å²) in [6, 6.07) is 12.4. The van der Waals surface area contributed by atoms with Crippen LogP contribution in [0, 0.1) is 0 Å². The fourth-order valence-corrected chi connectivity index (χ4v) is 4.58. The van der Waals surface area contributed by atoms with Crippen LogP contribution >= 0.6 is 0 Å². The first-order valence-electron chi connectivity index (χ1n) is 8.55. The molecule has 0 aliphatic carbocycles. The molecule has 27 heavy (non-hydrogen) atoms. The number of carbonyl (C=O) groups is 1. The number of hydrogen-bond donors (Lipinski definition) is 1. The molecule has 0 unspecified atom stereocenters. The lowest BCUT2D eigenvalue weighted by molar-refractivity contribution is -0.115. The van der Waals surface area contributed by atoms with Crippen LogP contribution in [0.15, 0.2) is 42.5 Å². The second-order valence-electron chi connectivity index (χ2n) is 6.13. The number of fused-ring (bicyclic) bond motifs is 1. The van der Waals surface area contributed by atoms with Crippen molar-refractivity contribution in [3.8, 4) is 11.5 Å². The lowest BCUT2D eigenvalue weighted by Gasteiger charge is -2.19. The molecule has 2 aromatic rings. The minimum Gasteiger partial charge on any atom is -0.493 e. The molecular formula is C19H22N2O5S. The highest BCUT2D eigenvalue weighted by molar-refractivity contribution is 7.92. The average molecular weight is 390 g/mol. The Hall–Kier alpha value is -2.74. The molecule has 7 nitrogen and oxygen atoms in total. The zero-order valence-corrected chi connectivity index (χ0v) is 16.1. The van der Waals surface area contributed by atoms with Crippen LogP contribution in [0.4, 0.5) is 11.4 Å². The molecular weight excluding hydrogens is 368 g/mol. The zero-order valence-electron chi connectivity index (χ0n) is 15.3. The van der Waals surface area contributed by atoms with Crippen LogP contribution in [-0.4, -0.2) is 40.8 Å². The fraction of sp³-hybridized carbons (Fsp3) is 0.316. The maximum atomic E-state index is 12.6. The smallest absolute Gasteiger partial charge is 0.235 e. The quantitative estimate of drug-likeness (QED) is 0.785. The van der Waals surface area contributed by atoms with Crippen LogP contribution in [0.3, 0.4) is 0 Å². The summed E-state index contributed by atoms with van der Waals surface area (Å²) in [5.41, 5.74) is 2.23. The summed E-state index contributed by atoms with van der Waals surface area (Å²) in [5, 5.41) is 2.69. The Morgan fingerprint density at radius 1 is 1.11 bits per heavy atom. The van der Waals surface area contributed by atoms with Gasteiger partial charge in [0.25, 0.3) is 0 Å². The molecule has 1 N–H and O–H groups in total. The van der Waals surface area contributed by atoms with E-state index in [-0.39, 0.29) is 18.1 Å². The highest BCUT2D eigenvalue weighted by atomic mass is 32.2. The largest absolute Gasteiger partial charge is 0.493 e. The molecule has 1 aliphatic rings. The minimum atomic E-state index is -3.56. The molecule has 8 heteroatoms. The number of rotatable bonds is 7. The van der Waals surface area contributed by atoms with Gasteiger partial charge in [0, 0.05) is 24.7 Å². The molecule has 3 rings (SSSR count). The molecule has 0 radical (unpaired) electrons. The number of sulfonamides is 1. The fourth-order valence-electron chi connectivity index (χ4n) is 3.07. The molecule has 1 heterocycles. The second kappa shape index (κ2) is 7.87. The number of carbonyl (C=O) groups excluding carboxylic acids is 1. The normalized spacial score (nSPS) is 13.2. The summed E-state index contributed by atoms with van der Waals surface area (Å²) in [5.74, 6) is 0.404. The van der Waals surface area contributed by atoms with Crippen molar-refractivity contribution in [3.63, 3.8) is 0 Å². The molecule has 0 aromatic heterocycles. The summed E-state index contributed by atoms with van der Waals surface area (Å²) < 4.78 is 37.0. The number of hydrogen-bond acceptors (Lipinski definition) is 5. The molecule has 2 aromatic carbocycles. The molecule has 144 valence electrons. The van der Waals surface area contributed by atoms with Gasteiger partial charge in [-0.2, -0.15) is 0 Å². The molecule has 0 saturated heterocycles. The number of benzene rings is 2. The van der Waals surface area contributed by atoms with Crippen molar-refractivity contribution in [2.75, 3.05) is 36.1 Å². The molecule has 0 bridgehead atoms. The maximum Gasteiger partial charge on any atom is 0.235 e. The van der Waals surface area contributed by atoms with Gasteiger partial charge in [-0.15, -0.1) is 0 Å². The first kappa shape index (κ1) is 19.0. The number of para-hydroxylation sites is 1. The molecule has 0 atom stereocenters. The van der Waals surface area contributed by atoms with E-state index >= 15 is 0 Å². The van der Waals surface area contributed by atoms with Crippen LogP contribution in [-0.2, 0) is 21.2 Å². The van der Waals surface area contributed by atoms with Crippen molar-refractivity contribution in [3.05, 3.63) is 48.0 Å². The van der Waals surface area contributed by atoms with E-state index in [4.69, 9.17) is 9.47 Å². The van der Waals surface area contributed by atoms with Crippen molar-refractivity contribution >= 4 is 27.3 Å². The van der Waals surface area contributed by atoms with Gasteiger partial charge in [0.1, 0.15) is 0 Å². The van der Waals surface area contributed by atoms with Crippen LogP contribution in [0.1, 0.15) is 12.0 Å². The maximum absolute atomic E-state index is 12.6. The Morgan fingerprint density at radius 3 is 2.59 bits per heavy atom. The third-order valence-corrected chi connectivity index (χ3v) is 6.21. The third-order valence-electron chi connectivity index (χ3n) is 4.43. The van der Waals surface area contributed by atoms with E-state index in [2.05, 4.69) is 5.32 Å². The van der Waals surface area contributed by atoms with Crippen LogP contribution in [0.5, 0.6) is 11.5 Å². The lowest BCUT2D eigenvalue weighted by atomic mass is 10.2. The summed E-state index contributed by atoms with van der Waals surface area (Å²) in [6.45, 7) is 0.416. The van der Waals surface area contributed by atoms with Crippen LogP contribution in [0.25, 0.3) is 0 Å². The van der Waals surface area contributed by atoms with Crippen LogP contribution in [0.2, 0.25) is 0 Å². The summed E-state index contributed by atoms with van der Waals surface area (Å²) >= 11 is 0. The standard InChI is InChI=1S/C19H22N2O5S/c1-25-17-8-7-15(13-18(17)26-2)20-19(22)10-12-27(23,24)21-11-9-14-5-3-4-6-16(14)21/h3-8,13H,9-12H2,1-2H3,(H,20,22). The van der Waals surface area contributed by atoms with Crippen molar-refractivity contribution in [1.29, 1.82) is 0 Å². The second-order valence-corrected chi connectivity index (χ2v) is 8.15. The van der Waals surface area contributed by atoms with Gasteiger partial charge in [0.05, 0.1) is 25.7 Å². The minimum absolute atomic E-state index is 0.130. The zero-order chi connectivity index (χ0) is 19.4. The lowest BCUT2D eigenvalue weighted by Crippen LogP contribution is -2.32. The van der Waals surface area contributed by atoms with Gasteiger partial charge in [-0.3, -0.25) is 9.10 Å². The number of methoxy groups -OCH3 is 2. The van der Waals surface area contributed by atoms with Gasteiger partial charge in [-0.25, -0.2) is 8.42 Å². The number of nitrogens with one attached hydrogen (secondary N) is 1. The van der Waals surface area contributed by atoms with Gasteiger partial charge in [-0.05, 0) is 30.2 Å². The predicted octanol–water partition coefficient (Wildman–Crippen LogP) is 2.42. The number of nitrogens with zero attached hydrogens (tertiary/aromatic N) is 1. The SMILES string of the molecule is COc1ccc(NC(=O)CCS(=O)(=O)N2CCc3ccccc32)cc1OC. The Bertz CT molecular complexity index is 943. The Kier molecular flexibility index (Phi) is 5.55. The van der Waals surface area contributed by atoms with E-state index in [0.29, 0.717) is 35.8 Å². The van der Waals surface area contributed by atoms with Crippen molar-refractivity contribution in [2.45, 2.75) is 12.8 Å². The highest BCUT2D eigenvalue weighted by Gasteiger charge is 2.29. The van der Waals surface area contributed by atoms with E-state index in [9.17, 15) is 13.2 Å². The van der Waals surface area contributed by atoms with E-state index in [1.165, 1.54) is 18.5 Å². The molecule has 0 saturated carbocycles. The third kappa shape index (κ3) is 4.16. The average Bonchev–Trinajstić information content (AvgIpc) is 3.11. The Morgan fingerprint density at radius 2 is 1.85 bits per heavy atom. The number of amides is 1. The summed E-state index contributed by atoms with van der Waals surface area (Å²) in [4.78, 5) is 12.2. The topological polar surface area (TPSA) is 84.9 Å². The van der Waals surface area contributed by atoms with E-state index in [0.717, 1.165) is 5.56 Å². The van der Waals surface area contributed by atoms with Crippen molar-refractivity contribution < 1.29 is 22.7 Å². The van der Waals surface area contributed by atoms with Crippen molar-refractivity contribution in [2.24, 2.45) is 0 Å². The first-order valence-corrected chi connectivity index (χ1v) is 10.2. The van der Waals surface area contributed by atoms with Gasteiger partial charge >= 0.3 is 0 Å². The molecule has 0 spiro atoms. The highest BCUT2D eigenvalue weighted by Crippen LogP contribution is 2.31. The molecule has 1 amide bonds. The molecule has 0 fully saturated rings. The van der Waals surface area contributed by atoms with Gasteiger partial charge in [0.2, 0.25) is 15.9 Å².